The van der Waals surface area contributed by atoms with Gasteiger partial charge in [0.2, 0.25) is 0 Å². The van der Waals surface area contributed by atoms with E-state index in [9.17, 15) is 13.2 Å². The van der Waals surface area contributed by atoms with Crippen LogP contribution in [-0.2, 0) is 23.8 Å². The lowest BCUT2D eigenvalue weighted by Gasteiger charge is -2.37. The Labute approximate surface area is 198 Å². The van der Waals surface area contributed by atoms with Crippen LogP contribution in [0.5, 0.6) is 5.75 Å². The van der Waals surface area contributed by atoms with Crippen molar-refractivity contribution >= 4 is 17.6 Å². The lowest BCUT2D eigenvalue weighted by Crippen LogP contribution is -2.33. The van der Waals surface area contributed by atoms with Gasteiger partial charge in [-0.25, -0.2) is 0 Å². The molecule has 180 valence electrons. The molecule has 0 bridgehead atoms. The fourth-order valence-corrected chi connectivity index (χ4v) is 5.76. The summed E-state index contributed by atoms with van der Waals surface area (Å²) in [5, 5.41) is 0. The molecule has 1 saturated heterocycles. The smallest absolute Gasteiger partial charge is 0.420 e. The van der Waals surface area contributed by atoms with Crippen molar-refractivity contribution in [3.63, 3.8) is 0 Å². The second-order valence-corrected chi connectivity index (χ2v) is 9.90. The third-order valence-electron chi connectivity index (χ3n) is 6.61. The minimum Gasteiger partial charge on any atom is -0.493 e. The van der Waals surface area contributed by atoms with E-state index in [-0.39, 0.29) is 24.3 Å². The molecule has 0 amide bonds. The van der Waals surface area contributed by atoms with Gasteiger partial charge in [-0.3, -0.25) is 0 Å². The summed E-state index contributed by atoms with van der Waals surface area (Å²) < 4.78 is 55.0. The minimum atomic E-state index is -4.47. The van der Waals surface area contributed by atoms with Gasteiger partial charge in [-0.15, -0.1) is 0 Å². The van der Waals surface area contributed by atoms with Crippen LogP contribution >= 0.6 is 11.9 Å². The molecule has 4 rings (SSSR count). The highest BCUT2D eigenvalue weighted by atomic mass is 32.2. The molecule has 1 fully saturated rings. The quantitative estimate of drug-likeness (QED) is 0.388. The Hall–Kier alpha value is -1.86. The number of hydrogen-bond acceptors (Lipinski definition) is 4. The van der Waals surface area contributed by atoms with Crippen molar-refractivity contribution in [3.8, 4) is 5.75 Å². The average Bonchev–Trinajstić information content (AvgIpc) is 2.83. The Morgan fingerprint density at radius 3 is 2.55 bits per heavy atom. The molecule has 3 nitrogen and oxygen atoms in total. The first-order valence-corrected chi connectivity index (χ1v) is 12.7. The molecule has 2 aliphatic heterocycles. The van der Waals surface area contributed by atoms with Crippen LogP contribution in [0.3, 0.4) is 0 Å². The number of ether oxygens (including phenoxy) is 2. The van der Waals surface area contributed by atoms with Crippen LogP contribution in [0.15, 0.2) is 41.3 Å². The van der Waals surface area contributed by atoms with E-state index in [1.807, 2.05) is 0 Å². The fourth-order valence-electron chi connectivity index (χ4n) is 4.55. The second-order valence-electron chi connectivity index (χ2n) is 8.86. The van der Waals surface area contributed by atoms with Crippen molar-refractivity contribution < 1.29 is 22.6 Å². The van der Waals surface area contributed by atoms with E-state index in [2.05, 4.69) is 36.4 Å². The van der Waals surface area contributed by atoms with E-state index in [0.717, 1.165) is 44.2 Å². The Morgan fingerprint density at radius 1 is 1.06 bits per heavy atom. The Bertz CT molecular complexity index is 944. The van der Waals surface area contributed by atoms with Crippen LogP contribution in [0, 0.1) is 5.92 Å². The molecule has 7 heteroatoms. The molecular weight excluding hydrogens is 447 g/mol. The molecule has 1 atom stereocenters. The first kappa shape index (κ1) is 24.3. The number of nitrogens with zero attached hydrogens (tertiary/aromatic N) is 1. The molecule has 2 aromatic carbocycles. The van der Waals surface area contributed by atoms with Crippen molar-refractivity contribution in [2.45, 2.75) is 69.5 Å². The van der Waals surface area contributed by atoms with Crippen molar-refractivity contribution in [1.29, 1.82) is 0 Å². The number of aryl methyl sites for hydroxylation is 2. The van der Waals surface area contributed by atoms with Gasteiger partial charge in [0.05, 0.1) is 17.9 Å². The normalized spacial score (nSPS) is 19.4. The zero-order valence-electron chi connectivity index (χ0n) is 19.3. The maximum absolute atomic E-state index is 13.9. The highest BCUT2D eigenvalue weighted by Gasteiger charge is 2.36. The molecule has 0 spiro atoms. The van der Waals surface area contributed by atoms with Gasteiger partial charge in [0.25, 0.3) is 0 Å². The largest absolute Gasteiger partial charge is 0.493 e. The summed E-state index contributed by atoms with van der Waals surface area (Å²) in [5.74, 6) is 0.147. The topological polar surface area (TPSA) is 21.7 Å². The molecule has 2 heterocycles. The number of hydrogen-bond donors (Lipinski definition) is 0. The SMILES string of the molecule is CCc1ccc2c(c1)CCC(CC)N2Sc1ccc(OCC2CCOCC2)c(C(F)(F)F)c1. The van der Waals surface area contributed by atoms with Crippen molar-refractivity contribution in [1.82, 2.24) is 0 Å². The summed E-state index contributed by atoms with van der Waals surface area (Å²) in [6.45, 7) is 5.85. The lowest BCUT2D eigenvalue weighted by atomic mass is 9.94. The third kappa shape index (κ3) is 5.80. The molecule has 0 aliphatic carbocycles. The number of halogens is 3. The Balaban J connectivity index is 1.57. The fraction of sp³-hybridized carbons (Fsp3) is 0.538. The maximum Gasteiger partial charge on any atom is 0.420 e. The van der Waals surface area contributed by atoms with Gasteiger partial charge in [-0.05, 0) is 91.8 Å². The van der Waals surface area contributed by atoms with Crippen LogP contribution in [0.1, 0.15) is 56.2 Å². The molecule has 0 aromatic heterocycles. The molecule has 2 aliphatic rings. The van der Waals surface area contributed by atoms with Gasteiger partial charge in [0.1, 0.15) is 5.75 Å². The molecule has 0 N–H and O–H groups in total. The summed E-state index contributed by atoms with van der Waals surface area (Å²) in [6.07, 6.45) is 1.10. The van der Waals surface area contributed by atoms with Gasteiger partial charge < -0.3 is 13.8 Å². The first-order valence-electron chi connectivity index (χ1n) is 11.9. The van der Waals surface area contributed by atoms with Crippen LogP contribution < -0.4 is 9.04 Å². The molecule has 0 radical (unpaired) electrons. The number of rotatable bonds is 7. The number of fused-ring (bicyclic) bond motifs is 1. The van der Waals surface area contributed by atoms with Crippen LogP contribution in [0.2, 0.25) is 0 Å². The van der Waals surface area contributed by atoms with Crippen molar-refractivity contribution in [2.75, 3.05) is 24.1 Å². The van der Waals surface area contributed by atoms with Gasteiger partial charge >= 0.3 is 6.18 Å². The first-order chi connectivity index (χ1) is 15.9. The van der Waals surface area contributed by atoms with Gasteiger partial charge in [-0.2, -0.15) is 13.2 Å². The van der Waals surface area contributed by atoms with E-state index in [0.29, 0.717) is 18.1 Å². The standard InChI is InChI=1S/C26H32F3NO2S/c1-3-18-5-9-24-20(15-18)6-7-21(4-2)30(24)33-22-8-10-25(23(16-22)26(27,28)29)32-17-19-11-13-31-14-12-19/h5,8-10,15-16,19,21H,3-4,6-7,11-14,17H2,1-2H3. The monoisotopic (exact) mass is 479 g/mol. The molecule has 1 unspecified atom stereocenters. The van der Waals surface area contributed by atoms with E-state index in [1.54, 1.807) is 6.07 Å². The molecule has 2 aromatic rings. The highest BCUT2D eigenvalue weighted by molar-refractivity contribution is 8.00. The van der Waals surface area contributed by atoms with E-state index in [4.69, 9.17) is 9.47 Å². The summed E-state index contributed by atoms with van der Waals surface area (Å²) in [7, 11) is 0. The zero-order valence-corrected chi connectivity index (χ0v) is 20.1. The van der Waals surface area contributed by atoms with Gasteiger partial charge in [-0.1, -0.05) is 26.0 Å². The average molecular weight is 480 g/mol. The maximum atomic E-state index is 13.9. The van der Waals surface area contributed by atoms with Crippen molar-refractivity contribution in [3.05, 3.63) is 53.1 Å². The Morgan fingerprint density at radius 2 is 1.85 bits per heavy atom. The predicted molar refractivity (Wildman–Crippen MR) is 127 cm³/mol. The lowest BCUT2D eigenvalue weighted by molar-refractivity contribution is -0.139. The molecular formula is C26H32F3NO2S. The highest BCUT2D eigenvalue weighted by Crippen LogP contribution is 2.43. The molecule has 0 saturated carbocycles. The zero-order chi connectivity index (χ0) is 23.4. The van der Waals surface area contributed by atoms with Gasteiger partial charge in [0, 0.05) is 24.2 Å². The van der Waals surface area contributed by atoms with Crippen molar-refractivity contribution in [2.24, 2.45) is 5.92 Å². The predicted octanol–water partition coefficient (Wildman–Crippen LogP) is 7.31. The Kier molecular flexibility index (Phi) is 7.80. The number of benzene rings is 2. The van der Waals surface area contributed by atoms with Crippen LogP contribution in [0.25, 0.3) is 0 Å². The van der Waals surface area contributed by atoms with Gasteiger partial charge in [0.15, 0.2) is 0 Å². The summed E-state index contributed by atoms with van der Waals surface area (Å²) >= 11 is 1.40. The van der Waals surface area contributed by atoms with Crippen LogP contribution in [-0.4, -0.2) is 25.9 Å². The summed E-state index contributed by atoms with van der Waals surface area (Å²) in [5.41, 5.74) is 2.98. The summed E-state index contributed by atoms with van der Waals surface area (Å²) in [6, 6.07) is 11.2. The second kappa shape index (κ2) is 10.6. The number of alkyl halides is 3. The molecule has 33 heavy (non-hydrogen) atoms. The number of anilines is 1. The summed E-state index contributed by atoms with van der Waals surface area (Å²) in [4.78, 5) is 0.576. The third-order valence-corrected chi connectivity index (χ3v) is 7.77. The minimum absolute atomic E-state index is 0.0861. The van der Waals surface area contributed by atoms with E-state index in [1.165, 1.54) is 35.2 Å². The van der Waals surface area contributed by atoms with E-state index >= 15 is 0 Å². The van der Waals surface area contributed by atoms with Crippen LogP contribution in [0.4, 0.5) is 18.9 Å². The van der Waals surface area contributed by atoms with E-state index < -0.39 is 11.7 Å².